The number of hydrogen-bond acceptors (Lipinski definition) is 4. The molecule has 0 fully saturated rings. The molecule has 6 nitrogen and oxygen atoms in total. The molecular formula is C22H20N4O2S. The molecule has 2 heterocycles. The van der Waals surface area contributed by atoms with Crippen molar-refractivity contribution >= 4 is 34.2 Å². The van der Waals surface area contributed by atoms with Gasteiger partial charge in [-0.3, -0.25) is 9.59 Å². The van der Waals surface area contributed by atoms with Gasteiger partial charge in [0.15, 0.2) is 0 Å². The number of benzene rings is 2. The molecular weight excluding hydrogens is 384 g/mol. The Hall–Kier alpha value is -3.45. The number of nitrogens with zero attached hydrogens (tertiary/aromatic N) is 2. The van der Waals surface area contributed by atoms with Gasteiger partial charge in [-0.25, -0.2) is 4.98 Å². The Labute approximate surface area is 172 Å². The molecule has 146 valence electrons. The molecule has 7 heteroatoms. The van der Waals surface area contributed by atoms with E-state index in [-0.39, 0.29) is 24.9 Å². The fraction of sp³-hybridized carbons (Fsp3) is 0.136. The van der Waals surface area contributed by atoms with Crippen molar-refractivity contribution in [2.75, 3.05) is 0 Å². The average molecular weight is 404 g/mol. The molecule has 0 radical (unpaired) electrons. The van der Waals surface area contributed by atoms with Gasteiger partial charge in [-0.2, -0.15) is 0 Å². The van der Waals surface area contributed by atoms with Gasteiger partial charge in [0.05, 0.1) is 24.1 Å². The number of para-hydroxylation sites is 2. The molecule has 0 aliphatic rings. The molecule has 29 heavy (non-hydrogen) atoms. The van der Waals surface area contributed by atoms with Crippen LogP contribution in [0.1, 0.15) is 21.1 Å². The number of thiophene rings is 1. The van der Waals surface area contributed by atoms with E-state index in [4.69, 9.17) is 0 Å². The Morgan fingerprint density at radius 1 is 0.897 bits per heavy atom. The van der Waals surface area contributed by atoms with Crippen molar-refractivity contribution in [3.63, 3.8) is 0 Å². The standard InChI is InChI=1S/C22H20N4O2S/c27-21(23-13-17-9-6-12-29-17)15-26-19-11-5-4-10-18(19)25-20(26)14-24-22(28)16-7-2-1-3-8-16/h1-12H,13-15H2,(H,23,27)(H,24,28). The second-order valence-electron chi connectivity index (χ2n) is 6.51. The fourth-order valence-electron chi connectivity index (χ4n) is 3.09. The zero-order valence-electron chi connectivity index (χ0n) is 15.7. The zero-order chi connectivity index (χ0) is 20.1. The molecule has 4 rings (SSSR count). The zero-order valence-corrected chi connectivity index (χ0v) is 16.5. The van der Waals surface area contributed by atoms with E-state index in [1.54, 1.807) is 23.5 Å². The summed E-state index contributed by atoms with van der Waals surface area (Å²) >= 11 is 1.61. The van der Waals surface area contributed by atoms with Gasteiger partial charge in [-0.1, -0.05) is 36.4 Å². The van der Waals surface area contributed by atoms with E-state index < -0.39 is 0 Å². The van der Waals surface area contributed by atoms with Gasteiger partial charge in [-0.15, -0.1) is 11.3 Å². The molecule has 0 spiro atoms. The minimum absolute atomic E-state index is 0.0998. The predicted molar refractivity (Wildman–Crippen MR) is 114 cm³/mol. The lowest BCUT2D eigenvalue weighted by Gasteiger charge is -2.10. The largest absolute Gasteiger partial charge is 0.350 e. The molecule has 0 atom stereocenters. The van der Waals surface area contributed by atoms with Crippen molar-refractivity contribution in [1.82, 2.24) is 20.2 Å². The van der Waals surface area contributed by atoms with E-state index in [9.17, 15) is 9.59 Å². The van der Waals surface area contributed by atoms with E-state index >= 15 is 0 Å². The third-order valence-electron chi connectivity index (χ3n) is 4.52. The highest BCUT2D eigenvalue weighted by molar-refractivity contribution is 7.09. The maximum atomic E-state index is 12.5. The molecule has 2 aromatic carbocycles. The second-order valence-corrected chi connectivity index (χ2v) is 7.54. The van der Waals surface area contributed by atoms with Gasteiger partial charge in [0.2, 0.25) is 5.91 Å². The highest BCUT2D eigenvalue weighted by Crippen LogP contribution is 2.16. The highest BCUT2D eigenvalue weighted by atomic mass is 32.1. The van der Waals surface area contributed by atoms with E-state index in [2.05, 4.69) is 15.6 Å². The van der Waals surface area contributed by atoms with Crippen molar-refractivity contribution in [3.8, 4) is 0 Å². The van der Waals surface area contributed by atoms with Crippen LogP contribution in [0.2, 0.25) is 0 Å². The smallest absolute Gasteiger partial charge is 0.251 e. The first-order chi connectivity index (χ1) is 14.2. The van der Waals surface area contributed by atoms with E-state index in [1.165, 1.54) is 0 Å². The average Bonchev–Trinajstić information content (AvgIpc) is 3.39. The summed E-state index contributed by atoms with van der Waals surface area (Å²) < 4.78 is 1.85. The quantitative estimate of drug-likeness (QED) is 0.496. The lowest BCUT2D eigenvalue weighted by atomic mass is 10.2. The molecule has 4 aromatic rings. The van der Waals surface area contributed by atoms with Crippen LogP contribution in [0.15, 0.2) is 72.1 Å². The van der Waals surface area contributed by atoms with Crippen molar-refractivity contribution in [2.24, 2.45) is 0 Å². The molecule has 0 aliphatic heterocycles. The highest BCUT2D eigenvalue weighted by Gasteiger charge is 2.15. The number of rotatable bonds is 7. The number of imidazole rings is 1. The maximum Gasteiger partial charge on any atom is 0.251 e. The van der Waals surface area contributed by atoms with Gasteiger partial charge in [0, 0.05) is 10.4 Å². The van der Waals surface area contributed by atoms with Gasteiger partial charge < -0.3 is 15.2 Å². The van der Waals surface area contributed by atoms with Crippen LogP contribution in [0, 0.1) is 0 Å². The van der Waals surface area contributed by atoms with Crippen LogP contribution >= 0.6 is 11.3 Å². The number of carbonyl (C=O) groups is 2. The molecule has 0 unspecified atom stereocenters. The summed E-state index contributed by atoms with van der Waals surface area (Å²) in [5, 5.41) is 7.82. The van der Waals surface area contributed by atoms with Crippen LogP contribution < -0.4 is 10.6 Å². The van der Waals surface area contributed by atoms with Gasteiger partial charge in [-0.05, 0) is 35.7 Å². The Bertz CT molecular complexity index is 1120. The lowest BCUT2D eigenvalue weighted by Crippen LogP contribution is -2.29. The number of amides is 2. The summed E-state index contributed by atoms with van der Waals surface area (Å²) in [5.41, 5.74) is 2.24. The molecule has 2 amide bonds. The molecule has 2 aromatic heterocycles. The first kappa shape index (κ1) is 18.9. The van der Waals surface area contributed by atoms with Gasteiger partial charge >= 0.3 is 0 Å². The first-order valence-corrected chi connectivity index (χ1v) is 10.1. The third kappa shape index (κ3) is 4.52. The van der Waals surface area contributed by atoms with Crippen molar-refractivity contribution in [1.29, 1.82) is 0 Å². The summed E-state index contributed by atoms with van der Waals surface area (Å²) in [5.74, 6) is 0.366. The third-order valence-corrected chi connectivity index (χ3v) is 5.39. The Morgan fingerprint density at radius 3 is 2.48 bits per heavy atom. The predicted octanol–water partition coefficient (Wildman–Crippen LogP) is 3.34. The fourth-order valence-corrected chi connectivity index (χ4v) is 3.73. The van der Waals surface area contributed by atoms with Crippen molar-refractivity contribution in [2.45, 2.75) is 19.6 Å². The van der Waals surface area contributed by atoms with Crippen LogP contribution in [0.3, 0.4) is 0 Å². The summed E-state index contributed by atoms with van der Waals surface area (Å²) in [6.45, 7) is 0.881. The molecule has 2 N–H and O–H groups in total. The van der Waals surface area contributed by atoms with E-state index in [0.29, 0.717) is 17.9 Å². The number of nitrogens with one attached hydrogen (secondary N) is 2. The van der Waals surface area contributed by atoms with E-state index in [1.807, 2.05) is 64.5 Å². The number of aromatic nitrogens is 2. The monoisotopic (exact) mass is 404 g/mol. The van der Waals surface area contributed by atoms with Crippen LogP contribution in [-0.2, 0) is 24.4 Å². The molecule has 0 saturated heterocycles. The van der Waals surface area contributed by atoms with Crippen molar-refractivity contribution < 1.29 is 9.59 Å². The summed E-state index contributed by atoms with van der Waals surface area (Å²) in [4.78, 5) is 30.6. The van der Waals surface area contributed by atoms with Crippen molar-refractivity contribution in [3.05, 3.63) is 88.4 Å². The molecule has 0 aliphatic carbocycles. The van der Waals surface area contributed by atoms with Crippen LogP contribution in [0.4, 0.5) is 0 Å². The summed E-state index contributed by atoms with van der Waals surface area (Å²) in [6, 6.07) is 20.6. The van der Waals surface area contributed by atoms with E-state index in [0.717, 1.165) is 15.9 Å². The molecule has 0 bridgehead atoms. The SMILES string of the molecule is O=C(Cn1c(CNC(=O)c2ccccc2)nc2ccccc21)NCc1cccs1. The number of fused-ring (bicyclic) bond motifs is 1. The lowest BCUT2D eigenvalue weighted by molar-refractivity contribution is -0.121. The summed E-state index contributed by atoms with van der Waals surface area (Å²) in [6.07, 6.45) is 0. The number of carbonyl (C=O) groups excluding carboxylic acids is 2. The van der Waals surface area contributed by atoms with Crippen LogP contribution in [0.5, 0.6) is 0 Å². The normalized spacial score (nSPS) is 10.8. The summed E-state index contributed by atoms with van der Waals surface area (Å²) in [7, 11) is 0. The minimum atomic E-state index is -0.175. The van der Waals surface area contributed by atoms with Gasteiger partial charge in [0.1, 0.15) is 12.4 Å². The Morgan fingerprint density at radius 2 is 1.69 bits per heavy atom. The Balaban J connectivity index is 1.49. The topological polar surface area (TPSA) is 76.0 Å². The molecule has 0 saturated carbocycles. The van der Waals surface area contributed by atoms with Gasteiger partial charge in [0.25, 0.3) is 5.91 Å². The maximum absolute atomic E-state index is 12.5. The second kappa shape index (κ2) is 8.70. The van der Waals surface area contributed by atoms with Crippen LogP contribution in [-0.4, -0.2) is 21.4 Å². The minimum Gasteiger partial charge on any atom is -0.350 e. The first-order valence-electron chi connectivity index (χ1n) is 9.27. The Kier molecular flexibility index (Phi) is 5.67. The number of hydrogen-bond donors (Lipinski definition) is 2. The van der Waals surface area contributed by atoms with Crippen LogP contribution in [0.25, 0.3) is 11.0 Å².